The summed E-state index contributed by atoms with van der Waals surface area (Å²) in [6, 6.07) is 11.5. The number of hydrogen-bond acceptors (Lipinski definition) is 2. The Bertz CT molecular complexity index is 623. The maximum Gasteiger partial charge on any atom is 0.131 e. The van der Waals surface area contributed by atoms with Crippen molar-refractivity contribution in [2.45, 2.75) is 33.4 Å². The summed E-state index contributed by atoms with van der Waals surface area (Å²) in [7, 11) is 1.64. The number of hydrogen-bond donors (Lipinski definition) is 1. The molecule has 2 rings (SSSR count). The van der Waals surface area contributed by atoms with Crippen LogP contribution in [-0.2, 0) is 6.54 Å². The Morgan fingerprint density at radius 2 is 1.90 bits per heavy atom. The van der Waals surface area contributed by atoms with Crippen molar-refractivity contribution in [2.24, 2.45) is 0 Å². The Morgan fingerprint density at radius 1 is 1.14 bits per heavy atom. The number of nitrogens with one attached hydrogen (secondary N) is 1. The molecule has 0 radical (unpaired) electrons. The largest absolute Gasteiger partial charge is 0.496 e. The van der Waals surface area contributed by atoms with Gasteiger partial charge in [0.25, 0.3) is 0 Å². The van der Waals surface area contributed by atoms with E-state index in [9.17, 15) is 4.39 Å². The van der Waals surface area contributed by atoms with Gasteiger partial charge in [-0.2, -0.15) is 0 Å². The van der Waals surface area contributed by atoms with E-state index < -0.39 is 0 Å². The van der Waals surface area contributed by atoms with Gasteiger partial charge >= 0.3 is 0 Å². The molecule has 0 aromatic heterocycles. The standard InChI is InChI=1S/C18H22FNO/c1-12(2)20-11-14-5-7-16(17(19)10-14)15-6-8-18(21-4)13(3)9-15/h5-10,12,20H,11H2,1-4H3. The Kier molecular flexibility index (Phi) is 4.97. The third-order valence-corrected chi connectivity index (χ3v) is 3.45. The predicted octanol–water partition coefficient (Wildman–Crippen LogP) is 4.31. The van der Waals surface area contributed by atoms with Crippen LogP contribution in [0.2, 0.25) is 0 Å². The van der Waals surface area contributed by atoms with Gasteiger partial charge in [-0.05, 0) is 41.8 Å². The van der Waals surface area contributed by atoms with Crippen LogP contribution < -0.4 is 10.1 Å². The lowest BCUT2D eigenvalue weighted by Gasteiger charge is -2.11. The van der Waals surface area contributed by atoms with E-state index in [4.69, 9.17) is 4.74 Å². The van der Waals surface area contributed by atoms with E-state index in [0.29, 0.717) is 18.2 Å². The molecule has 0 aliphatic heterocycles. The molecule has 1 N–H and O–H groups in total. The van der Waals surface area contributed by atoms with E-state index in [1.165, 1.54) is 0 Å². The van der Waals surface area contributed by atoms with E-state index in [0.717, 1.165) is 22.4 Å². The summed E-state index contributed by atoms with van der Waals surface area (Å²) in [5.41, 5.74) is 3.44. The molecule has 0 amide bonds. The minimum Gasteiger partial charge on any atom is -0.496 e. The maximum absolute atomic E-state index is 14.3. The van der Waals surface area contributed by atoms with Gasteiger partial charge in [0.2, 0.25) is 0 Å². The van der Waals surface area contributed by atoms with Crippen molar-refractivity contribution in [3.63, 3.8) is 0 Å². The van der Waals surface area contributed by atoms with Gasteiger partial charge in [0.1, 0.15) is 11.6 Å². The Balaban J connectivity index is 2.26. The fraction of sp³-hybridized carbons (Fsp3) is 0.333. The van der Waals surface area contributed by atoms with Crippen molar-refractivity contribution in [3.05, 3.63) is 53.3 Å². The minimum atomic E-state index is -0.192. The molecule has 0 spiro atoms. The summed E-state index contributed by atoms with van der Waals surface area (Å²) in [5, 5.41) is 3.29. The molecule has 2 aromatic rings. The highest BCUT2D eigenvalue weighted by molar-refractivity contribution is 5.66. The average Bonchev–Trinajstić information content (AvgIpc) is 2.45. The zero-order valence-corrected chi connectivity index (χ0v) is 13.0. The predicted molar refractivity (Wildman–Crippen MR) is 85.1 cm³/mol. The van der Waals surface area contributed by atoms with Crippen molar-refractivity contribution in [1.82, 2.24) is 5.32 Å². The molecular formula is C18H22FNO. The minimum absolute atomic E-state index is 0.192. The third kappa shape index (κ3) is 3.82. The second-order valence-corrected chi connectivity index (χ2v) is 5.53. The number of ether oxygens (including phenoxy) is 1. The fourth-order valence-corrected chi connectivity index (χ4v) is 2.27. The van der Waals surface area contributed by atoms with E-state index in [-0.39, 0.29) is 5.82 Å². The van der Waals surface area contributed by atoms with Gasteiger partial charge < -0.3 is 10.1 Å². The van der Waals surface area contributed by atoms with Gasteiger partial charge in [-0.3, -0.25) is 0 Å². The molecular weight excluding hydrogens is 265 g/mol. The highest BCUT2D eigenvalue weighted by atomic mass is 19.1. The molecule has 0 fully saturated rings. The maximum atomic E-state index is 14.3. The summed E-state index contributed by atoms with van der Waals surface area (Å²) in [5.74, 6) is 0.625. The molecule has 0 atom stereocenters. The average molecular weight is 287 g/mol. The van der Waals surface area contributed by atoms with E-state index in [1.54, 1.807) is 13.2 Å². The summed E-state index contributed by atoms with van der Waals surface area (Å²) in [4.78, 5) is 0. The van der Waals surface area contributed by atoms with Gasteiger partial charge in [-0.15, -0.1) is 0 Å². The highest BCUT2D eigenvalue weighted by Crippen LogP contribution is 2.28. The number of halogens is 1. The fourth-order valence-electron chi connectivity index (χ4n) is 2.27. The second kappa shape index (κ2) is 6.72. The van der Waals surface area contributed by atoms with Crippen molar-refractivity contribution >= 4 is 0 Å². The topological polar surface area (TPSA) is 21.3 Å². The molecule has 0 heterocycles. The van der Waals surface area contributed by atoms with Crippen LogP contribution in [0.4, 0.5) is 4.39 Å². The molecule has 112 valence electrons. The van der Waals surface area contributed by atoms with Gasteiger partial charge in [0, 0.05) is 18.2 Å². The molecule has 0 bridgehead atoms. The van der Waals surface area contributed by atoms with Crippen LogP contribution in [0.15, 0.2) is 36.4 Å². The van der Waals surface area contributed by atoms with Crippen molar-refractivity contribution in [1.29, 1.82) is 0 Å². The zero-order chi connectivity index (χ0) is 15.4. The molecule has 3 heteroatoms. The van der Waals surface area contributed by atoms with Crippen molar-refractivity contribution in [2.75, 3.05) is 7.11 Å². The van der Waals surface area contributed by atoms with Crippen LogP contribution in [0.1, 0.15) is 25.0 Å². The molecule has 0 saturated heterocycles. The molecule has 0 saturated carbocycles. The quantitative estimate of drug-likeness (QED) is 0.885. The second-order valence-electron chi connectivity index (χ2n) is 5.53. The molecule has 2 nitrogen and oxygen atoms in total. The number of rotatable bonds is 5. The summed E-state index contributed by atoms with van der Waals surface area (Å²) in [6.45, 7) is 6.79. The monoisotopic (exact) mass is 287 g/mol. The van der Waals surface area contributed by atoms with Crippen LogP contribution in [0.25, 0.3) is 11.1 Å². The molecule has 21 heavy (non-hydrogen) atoms. The number of aryl methyl sites for hydroxylation is 1. The first-order chi connectivity index (χ1) is 10.0. The lowest BCUT2D eigenvalue weighted by Crippen LogP contribution is -2.21. The van der Waals surface area contributed by atoms with Gasteiger partial charge in [0.05, 0.1) is 7.11 Å². The normalized spacial score (nSPS) is 11.0. The summed E-state index contributed by atoms with van der Waals surface area (Å²) in [6.07, 6.45) is 0. The number of methoxy groups -OCH3 is 1. The molecule has 2 aromatic carbocycles. The zero-order valence-electron chi connectivity index (χ0n) is 13.0. The molecule has 0 aliphatic carbocycles. The first-order valence-electron chi connectivity index (χ1n) is 7.18. The van der Waals surface area contributed by atoms with E-state index >= 15 is 0 Å². The van der Waals surface area contributed by atoms with Crippen LogP contribution in [0.3, 0.4) is 0 Å². The Hall–Kier alpha value is -1.87. The van der Waals surface area contributed by atoms with Gasteiger partial charge in [-0.25, -0.2) is 4.39 Å². The van der Waals surface area contributed by atoms with Crippen LogP contribution in [-0.4, -0.2) is 13.2 Å². The van der Waals surface area contributed by atoms with E-state index in [2.05, 4.69) is 19.2 Å². The smallest absolute Gasteiger partial charge is 0.131 e. The van der Waals surface area contributed by atoms with E-state index in [1.807, 2.05) is 37.3 Å². The Morgan fingerprint density at radius 3 is 2.48 bits per heavy atom. The lowest BCUT2D eigenvalue weighted by atomic mass is 10.0. The highest BCUT2D eigenvalue weighted by Gasteiger charge is 2.08. The first-order valence-corrected chi connectivity index (χ1v) is 7.18. The first kappa shape index (κ1) is 15.5. The molecule has 0 aliphatic rings. The van der Waals surface area contributed by atoms with Crippen LogP contribution >= 0.6 is 0 Å². The number of benzene rings is 2. The van der Waals surface area contributed by atoms with Crippen LogP contribution in [0.5, 0.6) is 5.75 Å². The summed E-state index contributed by atoms with van der Waals surface area (Å²) < 4.78 is 19.6. The molecule has 0 unspecified atom stereocenters. The van der Waals surface area contributed by atoms with Crippen molar-refractivity contribution in [3.8, 4) is 16.9 Å². The third-order valence-electron chi connectivity index (χ3n) is 3.45. The lowest BCUT2D eigenvalue weighted by molar-refractivity contribution is 0.412. The van der Waals surface area contributed by atoms with Gasteiger partial charge in [0.15, 0.2) is 0 Å². The van der Waals surface area contributed by atoms with Crippen molar-refractivity contribution < 1.29 is 9.13 Å². The summed E-state index contributed by atoms with van der Waals surface area (Å²) >= 11 is 0. The Labute approximate surface area is 126 Å². The SMILES string of the molecule is COc1ccc(-c2ccc(CNC(C)C)cc2F)cc1C. The van der Waals surface area contributed by atoms with Crippen LogP contribution in [0, 0.1) is 12.7 Å². The van der Waals surface area contributed by atoms with Gasteiger partial charge in [-0.1, -0.05) is 32.0 Å².